The minimum atomic E-state index is -0.275. The van der Waals surface area contributed by atoms with Crippen LogP contribution < -0.4 is 5.32 Å². The van der Waals surface area contributed by atoms with Gasteiger partial charge in [0.2, 0.25) is 11.8 Å². The highest BCUT2D eigenvalue weighted by atomic mass is 19.1. The smallest absolute Gasteiger partial charge is 0.225 e. The van der Waals surface area contributed by atoms with Crippen LogP contribution in [0.1, 0.15) is 18.9 Å². The standard InChI is InChI=1S/C15H19FN2O2/c1-2-18-10-12(9-14(18)19)15(20)17-8-7-11-5-3-4-6-13(11)16/h3-6,12H,2,7-10H2,1H3,(H,17,20)/t12-/m1/s1. The van der Waals surface area contributed by atoms with Crippen molar-refractivity contribution in [2.45, 2.75) is 19.8 Å². The number of carbonyl (C=O) groups excluding carboxylic acids is 2. The Labute approximate surface area is 118 Å². The van der Waals surface area contributed by atoms with Gasteiger partial charge in [-0.2, -0.15) is 0 Å². The average molecular weight is 278 g/mol. The number of hydrogen-bond donors (Lipinski definition) is 1. The lowest BCUT2D eigenvalue weighted by atomic mass is 10.1. The van der Waals surface area contributed by atoms with Gasteiger partial charge < -0.3 is 10.2 Å². The van der Waals surface area contributed by atoms with Crippen molar-refractivity contribution in [3.8, 4) is 0 Å². The molecule has 1 aromatic carbocycles. The molecule has 1 N–H and O–H groups in total. The number of carbonyl (C=O) groups is 2. The van der Waals surface area contributed by atoms with Gasteiger partial charge >= 0.3 is 0 Å². The predicted octanol–water partition coefficient (Wildman–Crippen LogP) is 1.35. The van der Waals surface area contributed by atoms with Gasteiger partial charge in [-0.3, -0.25) is 9.59 Å². The molecular weight excluding hydrogens is 259 g/mol. The molecular formula is C15H19FN2O2. The average Bonchev–Trinajstić information content (AvgIpc) is 2.82. The van der Waals surface area contributed by atoms with E-state index in [1.54, 1.807) is 23.1 Å². The van der Waals surface area contributed by atoms with Crippen LogP contribution in [0.3, 0.4) is 0 Å². The van der Waals surface area contributed by atoms with Crippen LogP contribution in [0.4, 0.5) is 4.39 Å². The summed E-state index contributed by atoms with van der Waals surface area (Å²) in [5.41, 5.74) is 0.588. The third-order valence-electron chi connectivity index (χ3n) is 3.62. The summed E-state index contributed by atoms with van der Waals surface area (Å²) < 4.78 is 13.4. The van der Waals surface area contributed by atoms with E-state index >= 15 is 0 Å². The second-order valence-electron chi connectivity index (χ2n) is 4.97. The molecule has 4 nitrogen and oxygen atoms in total. The van der Waals surface area contributed by atoms with Crippen LogP contribution in [0.5, 0.6) is 0 Å². The van der Waals surface area contributed by atoms with Crippen molar-refractivity contribution >= 4 is 11.8 Å². The minimum absolute atomic E-state index is 0.0294. The van der Waals surface area contributed by atoms with Crippen molar-refractivity contribution < 1.29 is 14.0 Å². The van der Waals surface area contributed by atoms with E-state index < -0.39 is 0 Å². The first-order valence-electron chi connectivity index (χ1n) is 6.90. The Hall–Kier alpha value is -1.91. The molecule has 5 heteroatoms. The molecule has 0 saturated carbocycles. The Bertz CT molecular complexity index is 504. The lowest BCUT2D eigenvalue weighted by Crippen LogP contribution is -2.34. The normalized spacial score (nSPS) is 18.4. The molecule has 0 unspecified atom stereocenters. The van der Waals surface area contributed by atoms with E-state index in [9.17, 15) is 14.0 Å². The molecule has 0 bridgehead atoms. The van der Waals surface area contributed by atoms with Crippen LogP contribution in [0.25, 0.3) is 0 Å². The Morgan fingerprint density at radius 3 is 2.85 bits per heavy atom. The maximum atomic E-state index is 13.4. The number of rotatable bonds is 5. The summed E-state index contributed by atoms with van der Waals surface area (Å²) in [5.74, 6) is -0.620. The van der Waals surface area contributed by atoms with Gasteiger partial charge in [0.05, 0.1) is 5.92 Å². The molecule has 1 saturated heterocycles. The SMILES string of the molecule is CCN1C[C@H](C(=O)NCCc2ccccc2F)CC1=O. The molecule has 0 aromatic heterocycles. The summed E-state index contributed by atoms with van der Waals surface area (Å²) in [7, 11) is 0. The summed E-state index contributed by atoms with van der Waals surface area (Å²) >= 11 is 0. The Balaban J connectivity index is 1.79. The van der Waals surface area contributed by atoms with Crippen molar-refractivity contribution in [1.82, 2.24) is 10.2 Å². The molecule has 0 spiro atoms. The molecule has 20 heavy (non-hydrogen) atoms. The monoisotopic (exact) mass is 278 g/mol. The van der Waals surface area contributed by atoms with Crippen molar-refractivity contribution in [3.63, 3.8) is 0 Å². The molecule has 1 aliphatic heterocycles. The molecule has 0 aliphatic carbocycles. The molecule has 2 rings (SSSR count). The fourth-order valence-corrected chi connectivity index (χ4v) is 2.42. The fraction of sp³-hybridized carbons (Fsp3) is 0.467. The molecule has 0 radical (unpaired) electrons. The van der Waals surface area contributed by atoms with E-state index in [1.165, 1.54) is 6.07 Å². The Kier molecular flexibility index (Phi) is 4.71. The first-order chi connectivity index (χ1) is 9.61. The highest BCUT2D eigenvalue weighted by molar-refractivity contribution is 5.89. The first kappa shape index (κ1) is 14.5. The van der Waals surface area contributed by atoms with Crippen LogP contribution in [-0.2, 0) is 16.0 Å². The lowest BCUT2D eigenvalue weighted by Gasteiger charge is -2.13. The maximum absolute atomic E-state index is 13.4. The van der Waals surface area contributed by atoms with Crippen LogP contribution >= 0.6 is 0 Å². The summed E-state index contributed by atoms with van der Waals surface area (Å²) in [6.07, 6.45) is 0.732. The van der Waals surface area contributed by atoms with Gasteiger partial charge in [0, 0.05) is 26.1 Å². The summed E-state index contributed by atoms with van der Waals surface area (Å²) in [6, 6.07) is 6.53. The van der Waals surface area contributed by atoms with Crippen LogP contribution in [-0.4, -0.2) is 36.3 Å². The van der Waals surface area contributed by atoms with Gasteiger partial charge in [0.15, 0.2) is 0 Å². The van der Waals surface area contributed by atoms with Crippen molar-refractivity contribution in [1.29, 1.82) is 0 Å². The predicted molar refractivity (Wildman–Crippen MR) is 73.5 cm³/mol. The molecule has 1 aromatic rings. The molecule has 1 aliphatic rings. The summed E-state index contributed by atoms with van der Waals surface area (Å²) in [5, 5.41) is 2.78. The summed E-state index contributed by atoms with van der Waals surface area (Å²) in [4.78, 5) is 25.2. The largest absolute Gasteiger partial charge is 0.355 e. The van der Waals surface area contributed by atoms with E-state index in [4.69, 9.17) is 0 Å². The molecule has 1 atom stereocenters. The third kappa shape index (κ3) is 3.35. The second kappa shape index (κ2) is 6.50. The topological polar surface area (TPSA) is 49.4 Å². The zero-order valence-electron chi connectivity index (χ0n) is 11.6. The highest BCUT2D eigenvalue weighted by Gasteiger charge is 2.32. The number of nitrogens with zero attached hydrogens (tertiary/aromatic N) is 1. The minimum Gasteiger partial charge on any atom is -0.355 e. The number of nitrogens with one attached hydrogen (secondary N) is 1. The fourth-order valence-electron chi connectivity index (χ4n) is 2.42. The molecule has 1 fully saturated rings. The van der Waals surface area contributed by atoms with Gasteiger partial charge in [-0.25, -0.2) is 4.39 Å². The molecule has 108 valence electrons. The number of halogens is 1. The number of likely N-dealkylation sites (tertiary alicyclic amines) is 1. The quantitative estimate of drug-likeness (QED) is 0.884. The number of amides is 2. The summed E-state index contributed by atoms with van der Waals surface area (Å²) in [6.45, 7) is 3.41. The van der Waals surface area contributed by atoms with E-state index in [0.717, 1.165) is 0 Å². The Morgan fingerprint density at radius 2 is 2.20 bits per heavy atom. The third-order valence-corrected chi connectivity index (χ3v) is 3.62. The lowest BCUT2D eigenvalue weighted by molar-refractivity contribution is -0.128. The van der Waals surface area contributed by atoms with Crippen molar-refractivity contribution in [3.05, 3.63) is 35.6 Å². The zero-order valence-corrected chi connectivity index (χ0v) is 11.6. The van der Waals surface area contributed by atoms with Crippen molar-refractivity contribution in [2.24, 2.45) is 5.92 Å². The van der Waals surface area contributed by atoms with Crippen LogP contribution in [0.2, 0.25) is 0 Å². The number of benzene rings is 1. The van der Waals surface area contributed by atoms with Gasteiger partial charge in [-0.05, 0) is 25.0 Å². The van der Waals surface area contributed by atoms with Gasteiger partial charge in [0.1, 0.15) is 5.82 Å². The van der Waals surface area contributed by atoms with Crippen LogP contribution in [0, 0.1) is 11.7 Å². The molecule has 2 amide bonds. The van der Waals surface area contributed by atoms with Crippen molar-refractivity contribution in [2.75, 3.05) is 19.6 Å². The zero-order chi connectivity index (χ0) is 14.5. The highest BCUT2D eigenvalue weighted by Crippen LogP contribution is 2.17. The first-order valence-corrected chi connectivity index (χ1v) is 6.90. The number of hydrogen-bond acceptors (Lipinski definition) is 2. The van der Waals surface area contributed by atoms with Gasteiger partial charge in [-0.15, -0.1) is 0 Å². The van der Waals surface area contributed by atoms with Gasteiger partial charge in [-0.1, -0.05) is 18.2 Å². The van der Waals surface area contributed by atoms with E-state index in [1.807, 2.05) is 6.92 Å². The maximum Gasteiger partial charge on any atom is 0.225 e. The Morgan fingerprint density at radius 1 is 1.45 bits per heavy atom. The van der Waals surface area contributed by atoms with E-state index in [2.05, 4.69) is 5.32 Å². The second-order valence-corrected chi connectivity index (χ2v) is 4.97. The van der Waals surface area contributed by atoms with E-state index in [0.29, 0.717) is 31.6 Å². The van der Waals surface area contributed by atoms with E-state index in [-0.39, 0.29) is 30.0 Å². The van der Waals surface area contributed by atoms with Gasteiger partial charge in [0.25, 0.3) is 0 Å². The van der Waals surface area contributed by atoms with Crippen LogP contribution in [0.15, 0.2) is 24.3 Å². The molecule has 1 heterocycles.